The first-order valence-corrected chi connectivity index (χ1v) is 5.54. The van der Waals surface area contributed by atoms with Crippen LogP contribution >= 0.6 is 15.9 Å². The van der Waals surface area contributed by atoms with Crippen molar-refractivity contribution in [3.05, 3.63) is 28.1 Å². The monoisotopic (exact) mass is 269 g/mol. The molecule has 0 saturated carbocycles. The van der Waals surface area contributed by atoms with E-state index in [1.165, 1.54) is 6.33 Å². The molecular weight excluding hydrogens is 258 g/mol. The lowest BCUT2D eigenvalue weighted by Crippen LogP contribution is -2.11. The fourth-order valence-corrected chi connectivity index (χ4v) is 2.25. The maximum Gasteiger partial charge on any atom is 0.169 e. The first kappa shape index (κ1) is 10.6. The van der Waals surface area contributed by atoms with Gasteiger partial charge in [0.15, 0.2) is 5.65 Å². The Morgan fingerprint density at radius 1 is 1.60 bits per heavy atom. The van der Waals surface area contributed by atoms with Crippen molar-refractivity contribution in [3.63, 3.8) is 0 Å². The van der Waals surface area contributed by atoms with Gasteiger partial charge in [0, 0.05) is 6.42 Å². The second-order valence-electron chi connectivity index (χ2n) is 3.67. The van der Waals surface area contributed by atoms with E-state index in [0.29, 0.717) is 6.42 Å². The van der Waals surface area contributed by atoms with Crippen molar-refractivity contribution in [2.45, 2.75) is 26.4 Å². The van der Waals surface area contributed by atoms with Crippen molar-refractivity contribution in [1.29, 1.82) is 0 Å². The Morgan fingerprint density at radius 2 is 2.33 bits per heavy atom. The molecule has 2 heterocycles. The molecular formula is C10H12BrN3O. The van der Waals surface area contributed by atoms with E-state index < -0.39 is 0 Å². The highest BCUT2D eigenvalue weighted by Crippen LogP contribution is 2.21. The molecule has 0 aliphatic heterocycles. The summed E-state index contributed by atoms with van der Waals surface area (Å²) in [5, 5.41) is 13.6. The first-order valence-electron chi connectivity index (χ1n) is 4.75. The highest BCUT2D eigenvalue weighted by Gasteiger charge is 2.11. The molecule has 0 aliphatic rings. The molecule has 0 aromatic carbocycles. The number of hydrogen-bond donors (Lipinski definition) is 1. The van der Waals surface area contributed by atoms with Gasteiger partial charge in [0.05, 0.1) is 16.3 Å². The van der Waals surface area contributed by atoms with Crippen molar-refractivity contribution in [3.8, 4) is 0 Å². The molecule has 2 aromatic rings. The van der Waals surface area contributed by atoms with Crippen LogP contribution in [0.1, 0.15) is 18.2 Å². The molecule has 5 heteroatoms. The van der Waals surface area contributed by atoms with E-state index in [4.69, 9.17) is 0 Å². The number of aryl methyl sites for hydroxylation is 1. The van der Waals surface area contributed by atoms with Gasteiger partial charge in [-0.2, -0.15) is 5.10 Å². The second kappa shape index (κ2) is 3.90. The summed E-state index contributed by atoms with van der Waals surface area (Å²) in [6, 6.07) is 2.00. The van der Waals surface area contributed by atoms with Crippen LogP contribution in [0.5, 0.6) is 0 Å². The minimum absolute atomic E-state index is 0.378. The van der Waals surface area contributed by atoms with E-state index in [9.17, 15) is 5.11 Å². The molecule has 0 aliphatic carbocycles. The Morgan fingerprint density at radius 3 is 3.00 bits per heavy atom. The smallest absolute Gasteiger partial charge is 0.169 e. The van der Waals surface area contributed by atoms with Gasteiger partial charge in [-0.1, -0.05) is 0 Å². The molecule has 80 valence electrons. The molecule has 0 amide bonds. The Bertz CT molecular complexity index is 493. The zero-order valence-electron chi connectivity index (χ0n) is 8.61. The summed E-state index contributed by atoms with van der Waals surface area (Å²) >= 11 is 3.44. The summed E-state index contributed by atoms with van der Waals surface area (Å²) in [7, 11) is 0. The SMILES string of the molecule is Cc1cc(Br)c2ncnn2c1CC(C)O. The van der Waals surface area contributed by atoms with Gasteiger partial charge < -0.3 is 5.11 Å². The van der Waals surface area contributed by atoms with E-state index in [0.717, 1.165) is 21.4 Å². The van der Waals surface area contributed by atoms with E-state index in [1.54, 1.807) is 11.4 Å². The maximum atomic E-state index is 9.42. The normalized spacial score (nSPS) is 13.3. The third kappa shape index (κ3) is 1.89. The van der Waals surface area contributed by atoms with Crippen molar-refractivity contribution in [2.75, 3.05) is 0 Å². The number of aliphatic hydroxyl groups is 1. The second-order valence-corrected chi connectivity index (χ2v) is 4.52. The molecule has 4 nitrogen and oxygen atoms in total. The summed E-state index contributed by atoms with van der Waals surface area (Å²) in [6.07, 6.45) is 1.72. The summed E-state index contributed by atoms with van der Waals surface area (Å²) in [6.45, 7) is 3.77. The Hall–Kier alpha value is -0.940. The number of rotatable bonds is 2. The predicted octanol–water partition coefficient (Wildman–Crippen LogP) is 1.72. The molecule has 15 heavy (non-hydrogen) atoms. The molecule has 0 bridgehead atoms. The van der Waals surface area contributed by atoms with Crippen LogP contribution in [0.15, 0.2) is 16.9 Å². The lowest BCUT2D eigenvalue weighted by Gasteiger charge is -2.10. The number of aromatic nitrogens is 3. The molecule has 0 fully saturated rings. The van der Waals surface area contributed by atoms with Crippen LogP contribution in [0.25, 0.3) is 5.65 Å². The van der Waals surface area contributed by atoms with Gasteiger partial charge in [0.25, 0.3) is 0 Å². The quantitative estimate of drug-likeness (QED) is 0.904. The van der Waals surface area contributed by atoms with Gasteiger partial charge in [-0.05, 0) is 41.4 Å². The number of pyridine rings is 1. The zero-order valence-corrected chi connectivity index (χ0v) is 10.2. The fourth-order valence-electron chi connectivity index (χ4n) is 1.63. The van der Waals surface area contributed by atoms with Crippen LogP contribution in [0.4, 0.5) is 0 Å². The molecule has 2 rings (SSSR count). The average molecular weight is 270 g/mol. The van der Waals surface area contributed by atoms with Crippen LogP contribution in [-0.4, -0.2) is 25.8 Å². The Kier molecular flexibility index (Phi) is 2.75. The van der Waals surface area contributed by atoms with E-state index in [1.807, 2.05) is 13.0 Å². The van der Waals surface area contributed by atoms with Crippen molar-refractivity contribution >= 4 is 21.6 Å². The van der Waals surface area contributed by atoms with E-state index in [-0.39, 0.29) is 6.10 Å². The molecule has 2 aromatic heterocycles. The Labute approximate surface area is 96.1 Å². The number of hydrogen-bond acceptors (Lipinski definition) is 3. The average Bonchev–Trinajstić information content (AvgIpc) is 2.60. The third-order valence-electron chi connectivity index (χ3n) is 2.30. The van der Waals surface area contributed by atoms with Gasteiger partial charge in [0.1, 0.15) is 6.33 Å². The number of aliphatic hydroxyl groups excluding tert-OH is 1. The minimum atomic E-state index is -0.378. The molecule has 0 radical (unpaired) electrons. The number of fused-ring (bicyclic) bond motifs is 1. The standard InChI is InChI=1S/C10H12BrN3O/c1-6-3-8(11)10-12-5-13-14(10)9(6)4-7(2)15/h3,5,7,15H,4H2,1-2H3. The van der Waals surface area contributed by atoms with Crippen LogP contribution in [0.3, 0.4) is 0 Å². The van der Waals surface area contributed by atoms with Gasteiger partial charge in [-0.15, -0.1) is 0 Å². The third-order valence-corrected chi connectivity index (χ3v) is 2.89. The molecule has 1 atom stereocenters. The van der Waals surface area contributed by atoms with Crippen LogP contribution in [-0.2, 0) is 6.42 Å². The number of nitrogens with zero attached hydrogens (tertiary/aromatic N) is 3. The fraction of sp³-hybridized carbons (Fsp3) is 0.400. The maximum absolute atomic E-state index is 9.42. The van der Waals surface area contributed by atoms with Crippen molar-refractivity contribution in [1.82, 2.24) is 14.6 Å². The van der Waals surface area contributed by atoms with Crippen LogP contribution in [0.2, 0.25) is 0 Å². The van der Waals surface area contributed by atoms with Crippen molar-refractivity contribution < 1.29 is 5.11 Å². The number of halogens is 1. The topological polar surface area (TPSA) is 50.4 Å². The molecule has 1 N–H and O–H groups in total. The van der Waals surface area contributed by atoms with E-state index >= 15 is 0 Å². The van der Waals surface area contributed by atoms with E-state index in [2.05, 4.69) is 26.0 Å². The largest absolute Gasteiger partial charge is 0.393 e. The Balaban J connectivity index is 2.65. The van der Waals surface area contributed by atoms with Gasteiger partial charge >= 0.3 is 0 Å². The van der Waals surface area contributed by atoms with Crippen LogP contribution in [0, 0.1) is 6.92 Å². The zero-order chi connectivity index (χ0) is 11.0. The van der Waals surface area contributed by atoms with Gasteiger partial charge in [0.2, 0.25) is 0 Å². The lowest BCUT2D eigenvalue weighted by atomic mass is 10.1. The van der Waals surface area contributed by atoms with Gasteiger partial charge in [-0.25, -0.2) is 9.50 Å². The molecule has 0 saturated heterocycles. The highest BCUT2D eigenvalue weighted by molar-refractivity contribution is 9.10. The summed E-state index contributed by atoms with van der Waals surface area (Å²) in [5.41, 5.74) is 2.89. The van der Waals surface area contributed by atoms with Crippen molar-refractivity contribution in [2.24, 2.45) is 0 Å². The first-order chi connectivity index (χ1) is 7.09. The lowest BCUT2D eigenvalue weighted by molar-refractivity contribution is 0.193. The minimum Gasteiger partial charge on any atom is -0.393 e. The highest BCUT2D eigenvalue weighted by atomic mass is 79.9. The molecule has 1 unspecified atom stereocenters. The van der Waals surface area contributed by atoms with Crippen LogP contribution < -0.4 is 0 Å². The summed E-state index contributed by atoms with van der Waals surface area (Å²) < 4.78 is 2.69. The predicted molar refractivity (Wildman–Crippen MR) is 60.8 cm³/mol. The molecule has 0 spiro atoms. The summed E-state index contributed by atoms with van der Waals surface area (Å²) in [4.78, 5) is 4.15. The summed E-state index contributed by atoms with van der Waals surface area (Å²) in [5.74, 6) is 0. The van der Waals surface area contributed by atoms with Gasteiger partial charge in [-0.3, -0.25) is 0 Å².